The van der Waals surface area contributed by atoms with Gasteiger partial charge in [0.15, 0.2) is 5.82 Å². The van der Waals surface area contributed by atoms with Crippen molar-refractivity contribution in [3.8, 4) is 0 Å². The standard InChI is InChI=1S/C21H23FN4/c22-13-19-23-14-18-21(24-19)20-16-7-4-10-25(16)11-9-17(20)26(18)12-8-15-5-2-1-3-6-15/h1-3,5-6,14,16H,4,7-13H2. The molecular formula is C21H23FN4. The van der Waals surface area contributed by atoms with Crippen molar-refractivity contribution in [1.29, 1.82) is 0 Å². The molecule has 1 unspecified atom stereocenters. The number of hydrogen-bond acceptors (Lipinski definition) is 3. The van der Waals surface area contributed by atoms with Crippen molar-refractivity contribution >= 4 is 11.0 Å². The Morgan fingerprint density at radius 3 is 2.88 bits per heavy atom. The van der Waals surface area contributed by atoms with Crippen LogP contribution >= 0.6 is 0 Å². The maximum absolute atomic E-state index is 13.2. The van der Waals surface area contributed by atoms with Gasteiger partial charge in [-0.05, 0) is 31.4 Å². The summed E-state index contributed by atoms with van der Waals surface area (Å²) in [6, 6.07) is 11.0. The van der Waals surface area contributed by atoms with Gasteiger partial charge in [-0.1, -0.05) is 30.3 Å². The van der Waals surface area contributed by atoms with Gasteiger partial charge in [-0.15, -0.1) is 0 Å². The van der Waals surface area contributed by atoms with Gasteiger partial charge in [0.05, 0.1) is 17.2 Å². The molecule has 4 heterocycles. The van der Waals surface area contributed by atoms with Gasteiger partial charge in [-0.3, -0.25) is 4.90 Å². The van der Waals surface area contributed by atoms with Gasteiger partial charge in [0.25, 0.3) is 0 Å². The van der Waals surface area contributed by atoms with E-state index in [1.165, 1.54) is 36.2 Å². The maximum atomic E-state index is 13.2. The van der Waals surface area contributed by atoms with E-state index in [1.807, 2.05) is 6.20 Å². The predicted molar refractivity (Wildman–Crippen MR) is 99.7 cm³/mol. The highest BCUT2D eigenvalue weighted by molar-refractivity contribution is 5.82. The topological polar surface area (TPSA) is 34.0 Å². The zero-order valence-corrected chi connectivity index (χ0v) is 14.9. The van der Waals surface area contributed by atoms with Crippen LogP contribution in [0, 0.1) is 0 Å². The number of hydrogen-bond donors (Lipinski definition) is 0. The number of benzene rings is 1. The third-order valence-electron chi connectivity index (χ3n) is 5.92. The first-order chi connectivity index (χ1) is 12.8. The van der Waals surface area contributed by atoms with Gasteiger partial charge in [-0.2, -0.15) is 0 Å². The Balaban J connectivity index is 1.61. The van der Waals surface area contributed by atoms with Crippen LogP contribution < -0.4 is 0 Å². The highest BCUT2D eigenvalue weighted by atomic mass is 19.1. The zero-order valence-electron chi connectivity index (χ0n) is 14.9. The van der Waals surface area contributed by atoms with Crippen LogP contribution in [-0.2, 0) is 26.1 Å². The summed E-state index contributed by atoms with van der Waals surface area (Å²) in [5, 5.41) is 0. The van der Waals surface area contributed by atoms with Crippen LogP contribution in [0.4, 0.5) is 4.39 Å². The molecule has 0 bridgehead atoms. The summed E-state index contributed by atoms with van der Waals surface area (Å²) in [7, 11) is 0. The Bertz CT molecular complexity index is 934. The fourth-order valence-corrected chi connectivity index (χ4v) is 4.73. The predicted octanol–water partition coefficient (Wildman–Crippen LogP) is 3.84. The quantitative estimate of drug-likeness (QED) is 0.717. The highest BCUT2D eigenvalue weighted by Crippen LogP contribution is 2.42. The Labute approximate surface area is 152 Å². The molecule has 0 radical (unpaired) electrons. The van der Waals surface area contributed by atoms with E-state index in [0.717, 1.165) is 37.0 Å². The molecule has 5 heteroatoms. The molecule has 0 saturated carbocycles. The minimum absolute atomic E-state index is 0.302. The van der Waals surface area contributed by atoms with Crippen LogP contribution in [0.3, 0.4) is 0 Å². The van der Waals surface area contributed by atoms with Crippen molar-refractivity contribution < 1.29 is 4.39 Å². The van der Waals surface area contributed by atoms with Crippen LogP contribution in [0.5, 0.6) is 0 Å². The number of fused-ring (bicyclic) bond motifs is 5. The molecule has 0 aliphatic carbocycles. The smallest absolute Gasteiger partial charge is 0.160 e. The SMILES string of the molecule is FCc1ncc2c(n1)c1c(n2CCc2ccccc2)CCN2CCCC12. The molecule has 2 aromatic heterocycles. The Morgan fingerprint density at radius 1 is 1.15 bits per heavy atom. The van der Waals surface area contributed by atoms with E-state index in [0.29, 0.717) is 11.9 Å². The third-order valence-corrected chi connectivity index (χ3v) is 5.92. The summed E-state index contributed by atoms with van der Waals surface area (Å²) in [4.78, 5) is 11.4. The monoisotopic (exact) mass is 350 g/mol. The van der Waals surface area contributed by atoms with E-state index in [9.17, 15) is 4.39 Å². The van der Waals surface area contributed by atoms with Crippen LogP contribution in [0.1, 0.15) is 41.5 Å². The number of aromatic nitrogens is 3. The summed E-state index contributed by atoms with van der Waals surface area (Å²) in [6.45, 7) is 2.60. The van der Waals surface area contributed by atoms with Gasteiger partial charge >= 0.3 is 0 Å². The zero-order chi connectivity index (χ0) is 17.5. The van der Waals surface area contributed by atoms with E-state index in [2.05, 4.69) is 49.8 Å². The van der Waals surface area contributed by atoms with E-state index < -0.39 is 6.67 Å². The van der Waals surface area contributed by atoms with Gasteiger partial charge in [0.1, 0.15) is 6.67 Å². The molecule has 1 saturated heterocycles. The van der Waals surface area contributed by atoms with Crippen LogP contribution in [0.25, 0.3) is 11.0 Å². The van der Waals surface area contributed by atoms with Crippen molar-refractivity contribution in [3.63, 3.8) is 0 Å². The summed E-state index contributed by atoms with van der Waals surface area (Å²) < 4.78 is 15.6. The molecule has 2 aliphatic rings. The molecule has 5 rings (SSSR count). The minimum Gasteiger partial charge on any atom is -0.341 e. The molecule has 2 aliphatic heterocycles. The first kappa shape index (κ1) is 15.9. The van der Waals surface area contributed by atoms with Crippen LogP contribution in [0.2, 0.25) is 0 Å². The fourth-order valence-electron chi connectivity index (χ4n) is 4.73. The number of nitrogens with zero attached hydrogens (tertiary/aromatic N) is 4. The molecule has 0 N–H and O–H groups in total. The van der Waals surface area contributed by atoms with Crippen molar-refractivity contribution in [2.75, 3.05) is 13.1 Å². The van der Waals surface area contributed by atoms with E-state index in [1.54, 1.807) is 0 Å². The lowest BCUT2D eigenvalue weighted by Crippen LogP contribution is -2.31. The fraction of sp³-hybridized carbons (Fsp3) is 0.429. The summed E-state index contributed by atoms with van der Waals surface area (Å²) in [5.74, 6) is 0.302. The molecule has 134 valence electrons. The van der Waals surface area contributed by atoms with Gasteiger partial charge in [-0.25, -0.2) is 14.4 Å². The molecule has 0 spiro atoms. The number of rotatable bonds is 4. The van der Waals surface area contributed by atoms with Crippen molar-refractivity contribution in [2.24, 2.45) is 0 Å². The molecule has 1 fully saturated rings. The number of aryl methyl sites for hydroxylation is 2. The average Bonchev–Trinajstić information content (AvgIpc) is 3.28. The van der Waals surface area contributed by atoms with Crippen molar-refractivity contribution in [1.82, 2.24) is 19.4 Å². The molecule has 1 atom stereocenters. The molecular weight excluding hydrogens is 327 g/mol. The van der Waals surface area contributed by atoms with Gasteiger partial charge < -0.3 is 4.57 Å². The normalized spacial score (nSPS) is 19.7. The molecule has 26 heavy (non-hydrogen) atoms. The Morgan fingerprint density at radius 2 is 2.04 bits per heavy atom. The van der Waals surface area contributed by atoms with E-state index >= 15 is 0 Å². The van der Waals surface area contributed by atoms with Gasteiger partial charge in [0.2, 0.25) is 0 Å². The largest absolute Gasteiger partial charge is 0.341 e. The third kappa shape index (κ3) is 2.53. The van der Waals surface area contributed by atoms with Crippen molar-refractivity contribution in [3.05, 3.63) is 59.2 Å². The minimum atomic E-state index is -0.603. The van der Waals surface area contributed by atoms with Crippen LogP contribution in [-0.4, -0.2) is 32.5 Å². The Kier molecular flexibility index (Phi) is 3.97. The lowest BCUT2D eigenvalue weighted by atomic mass is 9.98. The number of alkyl halides is 1. The molecule has 1 aromatic carbocycles. The average molecular weight is 350 g/mol. The first-order valence-electron chi connectivity index (χ1n) is 9.56. The Hall–Kier alpha value is -2.27. The van der Waals surface area contributed by atoms with Gasteiger partial charge in [0, 0.05) is 36.8 Å². The first-order valence-corrected chi connectivity index (χ1v) is 9.56. The second-order valence-electron chi connectivity index (χ2n) is 7.35. The highest BCUT2D eigenvalue weighted by Gasteiger charge is 2.36. The molecule has 4 nitrogen and oxygen atoms in total. The lowest BCUT2D eigenvalue weighted by molar-refractivity contribution is 0.241. The molecule has 0 amide bonds. The van der Waals surface area contributed by atoms with E-state index in [-0.39, 0.29) is 0 Å². The maximum Gasteiger partial charge on any atom is 0.160 e. The lowest BCUT2D eigenvalue weighted by Gasteiger charge is -2.30. The second-order valence-corrected chi connectivity index (χ2v) is 7.35. The summed E-state index contributed by atoms with van der Waals surface area (Å²) in [5.41, 5.74) is 6.12. The summed E-state index contributed by atoms with van der Waals surface area (Å²) >= 11 is 0. The molecule has 3 aromatic rings. The van der Waals surface area contributed by atoms with Crippen LogP contribution in [0.15, 0.2) is 36.5 Å². The second kappa shape index (κ2) is 6.47. The van der Waals surface area contributed by atoms with E-state index in [4.69, 9.17) is 0 Å². The number of halogens is 1. The van der Waals surface area contributed by atoms with Crippen molar-refractivity contribution in [2.45, 2.75) is 44.9 Å². The summed E-state index contributed by atoms with van der Waals surface area (Å²) in [6.07, 6.45) is 6.28.